The molecule has 2 rings (SSSR count). The number of rotatable bonds is 4. The van der Waals surface area contributed by atoms with Crippen molar-refractivity contribution in [3.63, 3.8) is 0 Å². The molecule has 2 aliphatic heterocycles. The standard InChI is InChI=1S/C11H18N3O2/c15-10-9-14(11(16)12-10)8-4-7-13-5-2-1-3-6-13/h1-9H2. The second-order valence-electron chi connectivity index (χ2n) is 4.47. The number of urea groups is 1. The maximum absolute atomic E-state index is 11.2. The Balaban J connectivity index is 1.64. The lowest BCUT2D eigenvalue weighted by Crippen LogP contribution is -2.34. The second-order valence-corrected chi connectivity index (χ2v) is 4.47. The van der Waals surface area contributed by atoms with Crippen molar-refractivity contribution in [2.75, 3.05) is 32.7 Å². The zero-order valence-corrected chi connectivity index (χ0v) is 9.52. The van der Waals surface area contributed by atoms with Crippen molar-refractivity contribution in [1.82, 2.24) is 15.1 Å². The van der Waals surface area contributed by atoms with E-state index in [9.17, 15) is 9.59 Å². The summed E-state index contributed by atoms with van der Waals surface area (Å²) in [6.07, 6.45) is 4.86. The maximum Gasteiger partial charge on any atom is 0.347 e. The molecule has 0 aliphatic carbocycles. The summed E-state index contributed by atoms with van der Waals surface area (Å²) in [5.74, 6) is -0.303. The van der Waals surface area contributed by atoms with Gasteiger partial charge in [0.05, 0.1) is 0 Å². The highest BCUT2D eigenvalue weighted by molar-refractivity contribution is 6.01. The number of amides is 3. The third-order valence-corrected chi connectivity index (χ3v) is 3.17. The summed E-state index contributed by atoms with van der Waals surface area (Å²) in [5, 5.41) is 3.37. The van der Waals surface area contributed by atoms with Crippen molar-refractivity contribution >= 4 is 11.9 Å². The number of carbonyl (C=O) groups is 2. The molecule has 3 amide bonds. The van der Waals surface area contributed by atoms with Crippen LogP contribution in [-0.2, 0) is 4.79 Å². The van der Waals surface area contributed by atoms with Gasteiger partial charge in [-0.05, 0) is 38.9 Å². The van der Waals surface area contributed by atoms with Crippen molar-refractivity contribution in [3.05, 3.63) is 0 Å². The Labute approximate surface area is 95.8 Å². The lowest BCUT2D eigenvalue weighted by Gasteiger charge is -2.26. The van der Waals surface area contributed by atoms with E-state index in [1.807, 2.05) is 0 Å². The summed E-state index contributed by atoms with van der Waals surface area (Å²) in [4.78, 5) is 26.0. The highest BCUT2D eigenvalue weighted by atomic mass is 16.2. The molecule has 0 bridgehead atoms. The van der Waals surface area contributed by atoms with E-state index in [0.717, 1.165) is 13.0 Å². The number of piperidine rings is 1. The van der Waals surface area contributed by atoms with Gasteiger partial charge in [0.1, 0.15) is 6.54 Å². The topological polar surface area (TPSA) is 54.7 Å². The average molecular weight is 224 g/mol. The smallest absolute Gasteiger partial charge is 0.313 e. The van der Waals surface area contributed by atoms with E-state index < -0.39 is 0 Å². The molecule has 0 aromatic heterocycles. The van der Waals surface area contributed by atoms with Gasteiger partial charge in [-0.2, -0.15) is 5.32 Å². The number of carbonyl (C=O) groups excluding carboxylic acids is 2. The van der Waals surface area contributed by atoms with Gasteiger partial charge in [-0.1, -0.05) is 6.42 Å². The van der Waals surface area contributed by atoms with Crippen LogP contribution in [0.1, 0.15) is 25.7 Å². The largest absolute Gasteiger partial charge is 0.347 e. The molecule has 0 N–H and O–H groups in total. The van der Waals surface area contributed by atoms with E-state index in [-0.39, 0.29) is 18.5 Å². The van der Waals surface area contributed by atoms with Gasteiger partial charge >= 0.3 is 6.03 Å². The minimum Gasteiger partial charge on any atom is -0.313 e. The molecule has 0 spiro atoms. The molecule has 0 atom stereocenters. The van der Waals surface area contributed by atoms with Crippen LogP contribution in [0.3, 0.4) is 0 Å². The minimum absolute atomic E-state index is 0.179. The van der Waals surface area contributed by atoms with Crippen LogP contribution in [0.5, 0.6) is 0 Å². The van der Waals surface area contributed by atoms with Gasteiger partial charge in [-0.3, -0.25) is 4.79 Å². The summed E-state index contributed by atoms with van der Waals surface area (Å²) in [6.45, 7) is 4.22. The van der Waals surface area contributed by atoms with Crippen LogP contribution in [0.25, 0.3) is 0 Å². The van der Waals surface area contributed by atoms with Crippen LogP contribution < -0.4 is 5.32 Å². The summed E-state index contributed by atoms with van der Waals surface area (Å²) >= 11 is 0. The second kappa shape index (κ2) is 5.30. The predicted molar refractivity (Wildman–Crippen MR) is 59.0 cm³/mol. The highest BCUT2D eigenvalue weighted by Gasteiger charge is 2.28. The molecule has 0 aromatic carbocycles. The number of nitrogens with zero attached hydrogens (tertiary/aromatic N) is 3. The molecule has 89 valence electrons. The molecule has 0 saturated carbocycles. The van der Waals surface area contributed by atoms with Gasteiger partial charge in [0.2, 0.25) is 0 Å². The quantitative estimate of drug-likeness (QED) is 0.651. The molecule has 0 aromatic rings. The maximum atomic E-state index is 11.2. The number of hydrogen-bond acceptors (Lipinski definition) is 3. The predicted octanol–water partition coefficient (Wildman–Crippen LogP) is 0.429. The fraction of sp³-hybridized carbons (Fsp3) is 0.818. The number of hydrogen-bond donors (Lipinski definition) is 0. The Morgan fingerprint density at radius 2 is 1.81 bits per heavy atom. The molecule has 5 nitrogen and oxygen atoms in total. The molecule has 2 saturated heterocycles. The Morgan fingerprint density at radius 3 is 2.44 bits per heavy atom. The van der Waals surface area contributed by atoms with Crippen LogP contribution in [0, 0.1) is 0 Å². The van der Waals surface area contributed by atoms with E-state index in [1.54, 1.807) is 0 Å². The van der Waals surface area contributed by atoms with Gasteiger partial charge in [0.25, 0.3) is 5.91 Å². The fourth-order valence-electron chi connectivity index (χ4n) is 2.29. The monoisotopic (exact) mass is 224 g/mol. The van der Waals surface area contributed by atoms with E-state index in [4.69, 9.17) is 0 Å². The van der Waals surface area contributed by atoms with Crippen molar-refractivity contribution in [2.45, 2.75) is 25.7 Å². The minimum atomic E-state index is -0.358. The molecule has 0 unspecified atom stereocenters. The summed E-state index contributed by atoms with van der Waals surface area (Å²) in [5.41, 5.74) is 0. The third kappa shape index (κ3) is 2.95. The fourth-order valence-corrected chi connectivity index (χ4v) is 2.29. The van der Waals surface area contributed by atoms with Crippen molar-refractivity contribution in [1.29, 1.82) is 0 Å². The molecule has 2 heterocycles. The molecule has 2 aliphatic rings. The lowest BCUT2D eigenvalue weighted by molar-refractivity contribution is -0.118. The van der Waals surface area contributed by atoms with Crippen LogP contribution >= 0.6 is 0 Å². The van der Waals surface area contributed by atoms with Crippen molar-refractivity contribution < 1.29 is 9.59 Å². The van der Waals surface area contributed by atoms with Gasteiger partial charge in [0, 0.05) is 6.54 Å². The van der Waals surface area contributed by atoms with Crippen LogP contribution in [0.4, 0.5) is 4.79 Å². The molecule has 1 radical (unpaired) electrons. The first-order chi connectivity index (χ1) is 7.75. The summed E-state index contributed by atoms with van der Waals surface area (Å²) in [7, 11) is 0. The SMILES string of the molecule is O=C1CN(CCCN2CCCCC2)C(=O)[N]1. The van der Waals surface area contributed by atoms with Crippen LogP contribution in [-0.4, -0.2) is 54.5 Å². The van der Waals surface area contributed by atoms with Crippen molar-refractivity contribution in [2.24, 2.45) is 0 Å². The van der Waals surface area contributed by atoms with E-state index in [1.165, 1.54) is 37.3 Å². The molecule has 2 fully saturated rings. The number of likely N-dealkylation sites (tertiary alicyclic amines) is 1. The zero-order chi connectivity index (χ0) is 11.4. The van der Waals surface area contributed by atoms with Gasteiger partial charge in [0.15, 0.2) is 0 Å². The van der Waals surface area contributed by atoms with Crippen molar-refractivity contribution in [3.8, 4) is 0 Å². The Morgan fingerprint density at radius 1 is 1.06 bits per heavy atom. The van der Waals surface area contributed by atoms with E-state index in [0.29, 0.717) is 6.54 Å². The van der Waals surface area contributed by atoms with Gasteiger partial charge in [-0.15, -0.1) is 0 Å². The molecule has 16 heavy (non-hydrogen) atoms. The first-order valence-corrected chi connectivity index (χ1v) is 6.01. The Kier molecular flexibility index (Phi) is 3.77. The van der Waals surface area contributed by atoms with E-state index >= 15 is 0 Å². The normalized spacial score (nSPS) is 22.6. The van der Waals surface area contributed by atoms with Crippen LogP contribution in [0.2, 0.25) is 0 Å². The average Bonchev–Trinajstić information content (AvgIpc) is 2.59. The molecular formula is C11H18N3O2. The Hall–Kier alpha value is -1.10. The van der Waals surface area contributed by atoms with Gasteiger partial charge in [-0.25, -0.2) is 4.79 Å². The number of imide groups is 1. The third-order valence-electron chi connectivity index (χ3n) is 3.17. The first kappa shape index (κ1) is 11.4. The van der Waals surface area contributed by atoms with Crippen LogP contribution in [0.15, 0.2) is 0 Å². The first-order valence-electron chi connectivity index (χ1n) is 6.01. The molecular weight excluding hydrogens is 206 g/mol. The molecule has 5 heteroatoms. The Bertz CT molecular complexity index is 274. The van der Waals surface area contributed by atoms with Gasteiger partial charge < -0.3 is 9.80 Å². The zero-order valence-electron chi connectivity index (χ0n) is 9.52. The summed E-state index contributed by atoms with van der Waals surface area (Å²) in [6, 6.07) is -0.358. The highest BCUT2D eigenvalue weighted by Crippen LogP contribution is 2.09. The lowest BCUT2D eigenvalue weighted by atomic mass is 10.1. The summed E-state index contributed by atoms with van der Waals surface area (Å²) < 4.78 is 0. The van der Waals surface area contributed by atoms with E-state index in [2.05, 4.69) is 10.2 Å².